The molecule has 0 spiro atoms. The molecule has 0 aliphatic heterocycles. The Labute approximate surface area is 212 Å². The molecule has 2 aromatic rings. The number of benzene rings is 2. The molecule has 0 bridgehead atoms. The Kier molecular flexibility index (Phi) is 9.15. The highest BCUT2D eigenvalue weighted by Gasteiger charge is 2.31. The van der Waals surface area contributed by atoms with E-state index in [9.17, 15) is 18.0 Å². The van der Waals surface area contributed by atoms with Gasteiger partial charge in [0.05, 0.1) is 18.6 Å². The van der Waals surface area contributed by atoms with Gasteiger partial charge in [-0.2, -0.15) is 4.31 Å². The zero-order valence-corrected chi connectivity index (χ0v) is 21.8. The molecule has 1 aliphatic rings. The van der Waals surface area contributed by atoms with Crippen LogP contribution in [0.2, 0.25) is 5.02 Å². The number of hydrogen-bond acceptors (Lipinski definition) is 5. The Bertz CT molecular complexity index is 1120. The molecule has 0 unspecified atom stereocenters. The minimum absolute atomic E-state index is 0.0333. The van der Waals surface area contributed by atoms with Crippen molar-refractivity contribution in [2.24, 2.45) is 0 Å². The van der Waals surface area contributed by atoms with Crippen molar-refractivity contribution < 1.29 is 22.7 Å². The Morgan fingerprint density at radius 3 is 2.26 bits per heavy atom. The van der Waals surface area contributed by atoms with E-state index >= 15 is 0 Å². The van der Waals surface area contributed by atoms with Gasteiger partial charge in [-0.15, -0.1) is 0 Å². The largest absolute Gasteiger partial charge is 0.497 e. The van der Waals surface area contributed by atoms with Gasteiger partial charge in [0.15, 0.2) is 0 Å². The molecule has 1 fully saturated rings. The van der Waals surface area contributed by atoms with Gasteiger partial charge >= 0.3 is 0 Å². The lowest BCUT2D eigenvalue weighted by molar-refractivity contribution is -0.140. The van der Waals surface area contributed by atoms with Crippen LogP contribution in [0, 0.1) is 0 Å². The van der Waals surface area contributed by atoms with Crippen LogP contribution in [0.1, 0.15) is 38.2 Å². The number of halogens is 1. The van der Waals surface area contributed by atoms with Crippen LogP contribution in [-0.4, -0.2) is 62.2 Å². The summed E-state index contributed by atoms with van der Waals surface area (Å²) >= 11 is 5.87. The van der Waals surface area contributed by atoms with Gasteiger partial charge < -0.3 is 15.0 Å². The predicted octanol–water partition coefficient (Wildman–Crippen LogP) is 3.45. The number of likely N-dealkylation sites (N-methyl/N-ethyl adjacent to an activating group) is 1. The lowest BCUT2D eigenvalue weighted by Crippen LogP contribution is -2.52. The molecule has 0 saturated heterocycles. The zero-order valence-electron chi connectivity index (χ0n) is 20.2. The number of carbonyl (C=O) groups is 2. The minimum atomic E-state index is -3.92. The summed E-state index contributed by atoms with van der Waals surface area (Å²) in [5.41, 5.74) is 0.794. The first-order chi connectivity index (χ1) is 16.6. The van der Waals surface area contributed by atoms with Crippen LogP contribution in [-0.2, 0) is 26.2 Å². The number of carbonyl (C=O) groups excluding carboxylic acids is 2. The van der Waals surface area contributed by atoms with Crippen molar-refractivity contribution in [2.75, 3.05) is 20.7 Å². The monoisotopic (exact) mass is 521 g/mol. The molecule has 1 aliphatic carbocycles. The van der Waals surface area contributed by atoms with Gasteiger partial charge in [-0.25, -0.2) is 8.42 Å². The van der Waals surface area contributed by atoms with Crippen LogP contribution in [0.3, 0.4) is 0 Å². The molecule has 35 heavy (non-hydrogen) atoms. The first-order valence-electron chi connectivity index (χ1n) is 11.6. The number of nitrogens with zero attached hydrogens (tertiary/aromatic N) is 2. The summed E-state index contributed by atoms with van der Waals surface area (Å²) in [4.78, 5) is 27.8. The van der Waals surface area contributed by atoms with Crippen LogP contribution < -0.4 is 10.1 Å². The Morgan fingerprint density at radius 2 is 1.69 bits per heavy atom. The molecule has 1 N–H and O–H groups in total. The smallest absolute Gasteiger partial charge is 0.243 e. The maximum atomic E-state index is 13.4. The van der Waals surface area contributed by atoms with E-state index in [0.717, 1.165) is 35.6 Å². The van der Waals surface area contributed by atoms with Gasteiger partial charge in [0, 0.05) is 24.7 Å². The highest BCUT2D eigenvalue weighted by molar-refractivity contribution is 7.89. The fourth-order valence-electron chi connectivity index (χ4n) is 4.06. The molecular formula is C25H32ClN3O5S. The summed E-state index contributed by atoms with van der Waals surface area (Å²) in [6.45, 7) is 1.40. The third-order valence-electron chi connectivity index (χ3n) is 6.26. The average molecular weight is 522 g/mol. The van der Waals surface area contributed by atoms with Crippen LogP contribution in [0.5, 0.6) is 5.75 Å². The van der Waals surface area contributed by atoms with E-state index in [4.69, 9.17) is 16.3 Å². The first kappa shape index (κ1) is 27.0. The summed E-state index contributed by atoms with van der Waals surface area (Å²) in [5, 5.41) is 3.45. The predicted molar refractivity (Wildman–Crippen MR) is 135 cm³/mol. The Hall–Kier alpha value is -2.62. The molecule has 2 aromatic carbocycles. The third kappa shape index (κ3) is 6.96. The van der Waals surface area contributed by atoms with Crippen molar-refractivity contribution in [1.29, 1.82) is 0 Å². The summed E-state index contributed by atoms with van der Waals surface area (Å²) in [6.07, 6.45) is 3.99. The number of methoxy groups -OCH3 is 1. The second-order valence-corrected chi connectivity index (χ2v) is 11.2. The summed E-state index contributed by atoms with van der Waals surface area (Å²) in [5.74, 6) is -0.0515. The number of amides is 2. The maximum absolute atomic E-state index is 13.4. The quantitative estimate of drug-likeness (QED) is 0.516. The van der Waals surface area contributed by atoms with Gasteiger partial charge in [-0.05, 0) is 61.7 Å². The van der Waals surface area contributed by atoms with Gasteiger partial charge in [-0.3, -0.25) is 9.59 Å². The van der Waals surface area contributed by atoms with Crippen molar-refractivity contribution >= 4 is 33.4 Å². The first-order valence-corrected chi connectivity index (χ1v) is 13.4. The molecule has 0 aromatic heterocycles. The van der Waals surface area contributed by atoms with E-state index < -0.39 is 28.5 Å². The summed E-state index contributed by atoms with van der Waals surface area (Å²) < 4.78 is 32.1. The lowest BCUT2D eigenvalue weighted by Gasteiger charge is -2.31. The van der Waals surface area contributed by atoms with Crippen LogP contribution in [0.4, 0.5) is 0 Å². The zero-order chi connectivity index (χ0) is 25.6. The van der Waals surface area contributed by atoms with Crippen LogP contribution in [0.25, 0.3) is 0 Å². The number of nitrogens with one attached hydrogen (secondary N) is 1. The normalized spacial score (nSPS) is 15.1. The molecular weight excluding hydrogens is 490 g/mol. The van der Waals surface area contributed by atoms with Crippen molar-refractivity contribution in [2.45, 2.75) is 56.1 Å². The van der Waals surface area contributed by atoms with Crippen molar-refractivity contribution in [3.63, 3.8) is 0 Å². The fraction of sp³-hybridized carbons (Fsp3) is 0.440. The van der Waals surface area contributed by atoms with E-state index in [2.05, 4.69) is 5.32 Å². The molecule has 0 radical (unpaired) electrons. The van der Waals surface area contributed by atoms with Gasteiger partial charge in [0.2, 0.25) is 21.8 Å². The van der Waals surface area contributed by atoms with Crippen LogP contribution in [0.15, 0.2) is 53.4 Å². The Morgan fingerprint density at radius 1 is 1.09 bits per heavy atom. The molecule has 10 heteroatoms. The molecule has 0 heterocycles. The van der Waals surface area contributed by atoms with Gasteiger partial charge in [0.25, 0.3) is 0 Å². The second kappa shape index (κ2) is 11.9. The molecule has 8 nitrogen and oxygen atoms in total. The van der Waals surface area contributed by atoms with Crippen molar-refractivity contribution in [3.05, 3.63) is 59.1 Å². The van der Waals surface area contributed by atoms with E-state index in [0.29, 0.717) is 10.8 Å². The SMILES string of the molecule is COc1ccc(CN(C(=O)CN(C)S(=O)(=O)c2ccc(Cl)cc2)[C@@H](C)C(=O)NC2CCCC2)cc1. The highest BCUT2D eigenvalue weighted by atomic mass is 35.5. The summed E-state index contributed by atoms with van der Waals surface area (Å²) in [7, 11) is -1.01. The fourth-order valence-corrected chi connectivity index (χ4v) is 5.30. The molecule has 1 atom stereocenters. The Balaban J connectivity index is 1.79. The van der Waals surface area contributed by atoms with E-state index in [-0.39, 0.29) is 23.4 Å². The highest BCUT2D eigenvalue weighted by Crippen LogP contribution is 2.21. The number of hydrogen-bond donors (Lipinski definition) is 1. The number of rotatable bonds is 10. The average Bonchev–Trinajstić information content (AvgIpc) is 3.35. The van der Waals surface area contributed by atoms with E-state index in [1.54, 1.807) is 26.2 Å². The van der Waals surface area contributed by atoms with Crippen LogP contribution >= 0.6 is 11.6 Å². The molecule has 2 amide bonds. The third-order valence-corrected chi connectivity index (χ3v) is 8.33. The standard InChI is InChI=1S/C25H32ClN3O5S/c1-18(25(31)27-21-6-4-5-7-21)29(16-19-8-12-22(34-3)13-9-19)24(30)17-28(2)35(32,33)23-14-10-20(26)11-15-23/h8-15,18,21H,4-7,16-17H2,1-3H3,(H,27,31)/t18-/m0/s1. The second-order valence-electron chi connectivity index (χ2n) is 8.75. The minimum Gasteiger partial charge on any atom is -0.497 e. The maximum Gasteiger partial charge on any atom is 0.243 e. The van der Waals surface area contributed by atoms with E-state index in [1.807, 2.05) is 12.1 Å². The molecule has 1 saturated carbocycles. The van der Waals surface area contributed by atoms with Crippen molar-refractivity contribution in [1.82, 2.24) is 14.5 Å². The van der Waals surface area contributed by atoms with E-state index in [1.165, 1.54) is 36.2 Å². The number of ether oxygens (including phenoxy) is 1. The van der Waals surface area contributed by atoms with Crippen molar-refractivity contribution in [3.8, 4) is 5.75 Å². The lowest BCUT2D eigenvalue weighted by atomic mass is 10.1. The van der Waals surface area contributed by atoms with Gasteiger partial charge in [0.1, 0.15) is 11.8 Å². The molecule has 3 rings (SSSR count). The summed E-state index contributed by atoms with van der Waals surface area (Å²) in [6, 6.07) is 12.3. The topological polar surface area (TPSA) is 96.0 Å². The number of sulfonamides is 1. The molecule has 190 valence electrons. The van der Waals surface area contributed by atoms with Gasteiger partial charge in [-0.1, -0.05) is 36.6 Å².